The molecule has 0 spiro atoms. The highest BCUT2D eigenvalue weighted by Gasteiger charge is 2.12. The number of hydrogen-bond donors (Lipinski definition) is 3. The van der Waals surface area contributed by atoms with Crippen molar-refractivity contribution in [2.45, 2.75) is 19.4 Å². The fraction of sp³-hybridized carbons (Fsp3) is 0.312. The van der Waals surface area contributed by atoms with E-state index in [-0.39, 0.29) is 12.6 Å². The number of carbonyl (C=O) groups is 1. The Morgan fingerprint density at radius 1 is 1.19 bits per heavy atom. The molecule has 112 valence electrons. The summed E-state index contributed by atoms with van der Waals surface area (Å²) < 4.78 is 5.29. The predicted molar refractivity (Wildman–Crippen MR) is 80.0 cm³/mol. The highest BCUT2D eigenvalue weighted by Crippen LogP contribution is 2.14. The van der Waals surface area contributed by atoms with E-state index in [4.69, 9.17) is 4.42 Å². The van der Waals surface area contributed by atoms with E-state index in [2.05, 4.69) is 10.6 Å². The lowest BCUT2D eigenvalue weighted by Crippen LogP contribution is -2.38. The van der Waals surface area contributed by atoms with Crippen LogP contribution in [-0.4, -0.2) is 24.2 Å². The number of rotatable bonds is 6. The van der Waals surface area contributed by atoms with E-state index in [0.717, 1.165) is 12.2 Å². The molecule has 0 aliphatic heterocycles. The van der Waals surface area contributed by atoms with Gasteiger partial charge in [0.05, 0.1) is 6.54 Å². The first-order valence-electron chi connectivity index (χ1n) is 6.95. The van der Waals surface area contributed by atoms with Gasteiger partial charge < -0.3 is 20.2 Å². The predicted octanol–water partition coefficient (Wildman–Crippen LogP) is 2.16. The van der Waals surface area contributed by atoms with Gasteiger partial charge in [0.25, 0.3) is 0 Å². The Morgan fingerprint density at radius 2 is 1.95 bits per heavy atom. The maximum absolute atomic E-state index is 11.6. The highest BCUT2D eigenvalue weighted by atomic mass is 16.4. The van der Waals surface area contributed by atoms with Crippen LogP contribution in [0.25, 0.3) is 0 Å². The number of carbonyl (C=O) groups excluding carboxylic acids is 1. The SMILES string of the molecule is Cc1ccc(C(O)CNC(=O)NCCc2ccccc2)o1. The topological polar surface area (TPSA) is 74.5 Å². The first-order valence-corrected chi connectivity index (χ1v) is 6.95. The van der Waals surface area contributed by atoms with Crippen LogP contribution >= 0.6 is 0 Å². The first-order chi connectivity index (χ1) is 10.1. The number of aliphatic hydroxyl groups excluding tert-OH is 1. The number of aryl methyl sites for hydroxylation is 1. The summed E-state index contributed by atoms with van der Waals surface area (Å²) in [6.45, 7) is 2.47. The standard InChI is InChI=1S/C16H20N2O3/c1-12-7-8-15(21-12)14(19)11-18-16(20)17-10-9-13-5-3-2-4-6-13/h2-8,14,19H,9-11H2,1H3,(H2,17,18,20). The third-order valence-electron chi connectivity index (χ3n) is 3.09. The summed E-state index contributed by atoms with van der Waals surface area (Å²) in [5.41, 5.74) is 1.17. The Balaban J connectivity index is 1.65. The lowest BCUT2D eigenvalue weighted by atomic mass is 10.1. The summed E-state index contributed by atoms with van der Waals surface area (Å²) in [6.07, 6.45) is -0.0626. The van der Waals surface area contributed by atoms with Crippen molar-refractivity contribution in [3.05, 3.63) is 59.5 Å². The van der Waals surface area contributed by atoms with Gasteiger partial charge in [0.1, 0.15) is 17.6 Å². The largest absolute Gasteiger partial charge is 0.464 e. The molecule has 1 aromatic heterocycles. The van der Waals surface area contributed by atoms with Crippen molar-refractivity contribution in [3.63, 3.8) is 0 Å². The number of aliphatic hydroxyl groups is 1. The van der Waals surface area contributed by atoms with Crippen LogP contribution in [0.2, 0.25) is 0 Å². The van der Waals surface area contributed by atoms with E-state index in [1.165, 1.54) is 5.56 Å². The van der Waals surface area contributed by atoms with Gasteiger partial charge >= 0.3 is 6.03 Å². The smallest absolute Gasteiger partial charge is 0.314 e. The molecule has 2 aromatic rings. The lowest BCUT2D eigenvalue weighted by molar-refractivity contribution is 0.146. The van der Waals surface area contributed by atoms with E-state index in [1.807, 2.05) is 30.3 Å². The minimum Gasteiger partial charge on any atom is -0.464 e. The van der Waals surface area contributed by atoms with Crippen molar-refractivity contribution in [2.75, 3.05) is 13.1 Å². The van der Waals surface area contributed by atoms with Crippen LogP contribution in [-0.2, 0) is 6.42 Å². The minimum atomic E-state index is -0.835. The molecular formula is C16H20N2O3. The van der Waals surface area contributed by atoms with Crippen LogP contribution in [0, 0.1) is 6.92 Å². The normalized spacial score (nSPS) is 11.9. The van der Waals surface area contributed by atoms with E-state index in [0.29, 0.717) is 12.3 Å². The maximum Gasteiger partial charge on any atom is 0.314 e. The molecule has 5 heteroatoms. The molecule has 1 aromatic carbocycles. The molecular weight excluding hydrogens is 268 g/mol. The molecule has 5 nitrogen and oxygen atoms in total. The molecule has 2 rings (SSSR count). The molecule has 2 amide bonds. The number of amides is 2. The molecule has 21 heavy (non-hydrogen) atoms. The molecule has 0 aliphatic carbocycles. The van der Waals surface area contributed by atoms with E-state index in [9.17, 15) is 9.90 Å². The quantitative estimate of drug-likeness (QED) is 0.762. The zero-order valence-electron chi connectivity index (χ0n) is 12.0. The van der Waals surface area contributed by atoms with Crippen molar-refractivity contribution < 1.29 is 14.3 Å². The molecule has 0 bridgehead atoms. The van der Waals surface area contributed by atoms with Crippen molar-refractivity contribution in [2.24, 2.45) is 0 Å². The second kappa shape index (κ2) is 7.50. The van der Waals surface area contributed by atoms with Crippen LogP contribution in [0.1, 0.15) is 23.2 Å². The summed E-state index contributed by atoms with van der Waals surface area (Å²) in [5.74, 6) is 1.19. The Hall–Kier alpha value is -2.27. The van der Waals surface area contributed by atoms with Crippen molar-refractivity contribution >= 4 is 6.03 Å². The van der Waals surface area contributed by atoms with Gasteiger partial charge in [0.2, 0.25) is 0 Å². The first kappa shape index (κ1) is 15.1. The van der Waals surface area contributed by atoms with E-state index >= 15 is 0 Å². The minimum absolute atomic E-state index is 0.115. The van der Waals surface area contributed by atoms with Gasteiger partial charge in [-0.25, -0.2) is 4.79 Å². The van der Waals surface area contributed by atoms with Gasteiger partial charge in [-0.1, -0.05) is 30.3 Å². The molecule has 0 aliphatic rings. The fourth-order valence-electron chi connectivity index (χ4n) is 1.95. The third-order valence-corrected chi connectivity index (χ3v) is 3.09. The van der Waals surface area contributed by atoms with Crippen LogP contribution in [0.15, 0.2) is 46.9 Å². The number of nitrogens with one attached hydrogen (secondary N) is 2. The van der Waals surface area contributed by atoms with Gasteiger partial charge in [-0.15, -0.1) is 0 Å². The molecule has 1 unspecified atom stereocenters. The fourth-order valence-corrected chi connectivity index (χ4v) is 1.95. The van der Waals surface area contributed by atoms with E-state index < -0.39 is 6.10 Å². The highest BCUT2D eigenvalue weighted by molar-refractivity contribution is 5.73. The van der Waals surface area contributed by atoms with Crippen molar-refractivity contribution in [1.29, 1.82) is 0 Å². The average molecular weight is 288 g/mol. The van der Waals surface area contributed by atoms with Gasteiger partial charge in [0, 0.05) is 6.54 Å². The van der Waals surface area contributed by atoms with Gasteiger partial charge in [-0.05, 0) is 31.0 Å². The van der Waals surface area contributed by atoms with Crippen LogP contribution in [0.4, 0.5) is 4.79 Å². The summed E-state index contributed by atoms with van der Waals surface area (Å²) in [4.78, 5) is 11.6. The Kier molecular flexibility index (Phi) is 5.40. The monoisotopic (exact) mass is 288 g/mol. The summed E-state index contributed by atoms with van der Waals surface area (Å²) in [7, 11) is 0. The maximum atomic E-state index is 11.6. The van der Waals surface area contributed by atoms with Gasteiger partial charge in [-0.2, -0.15) is 0 Å². The number of hydrogen-bond acceptors (Lipinski definition) is 3. The molecule has 3 N–H and O–H groups in total. The van der Waals surface area contributed by atoms with Gasteiger partial charge in [-0.3, -0.25) is 0 Å². The molecule has 1 atom stereocenters. The molecule has 1 heterocycles. The molecule has 0 radical (unpaired) electrons. The molecule has 0 saturated carbocycles. The third kappa shape index (κ3) is 4.96. The van der Waals surface area contributed by atoms with E-state index in [1.54, 1.807) is 19.1 Å². The average Bonchev–Trinajstić information content (AvgIpc) is 2.92. The Labute approximate surface area is 124 Å². The second-order valence-corrected chi connectivity index (χ2v) is 4.84. The van der Waals surface area contributed by atoms with Crippen LogP contribution in [0.5, 0.6) is 0 Å². The van der Waals surface area contributed by atoms with Crippen LogP contribution < -0.4 is 10.6 Å². The van der Waals surface area contributed by atoms with Crippen LogP contribution in [0.3, 0.4) is 0 Å². The van der Waals surface area contributed by atoms with Gasteiger partial charge in [0.15, 0.2) is 0 Å². The molecule has 0 saturated heterocycles. The summed E-state index contributed by atoms with van der Waals surface area (Å²) >= 11 is 0. The molecule has 0 fully saturated rings. The summed E-state index contributed by atoms with van der Waals surface area (Å²) in [6, 6.07) is 13.1. The summed E-state index contributed by atoms with van der Waals surface area (Å²) in [5, 5.41) is 15.2. The number of urea groups is 1. The zero-order valence-corrected chi connectivity index (χ0v) is 12.0. The van der Waals surface area contributed by atoms with Crippen molar-refractivity contribution in [3.8, 4) is 0 Å². The van der Waals surface area contributed by atoms with Crippen molar-refractivity contribution in [1.82, 2.24) is 10.6 Å². The zero-order chi connectivity index (χ0) is 15.1. The number of benzene rings is 1. The Bertz CT molecular complexity index is 566. The second-order valence-electron chi connectivity index (χ2n) is 4.84. The lowest BCUT2D eigenvalue weighted by Gasteiger charge is -2.11. The Morgan fingerprint density at radius 3 is 2.62 bits per heavy atom. The number of furan rings is 1.